The van der Waals surface area contributed by atoms with Crippen molar-refractivity contribution in [3.63, 3.8) is 0 Å². The molecule has 0 aromatic heterocycles. The molecular weight excluding hydrogens is 347 g/mol. The first-order valence-corrected chi connectivity index (χ1v) is 11.4. The third kappa shape index (κ3) is 4.70. The van der Waals surface area contributed by atoms with Gasteiger partial charge in [-0.3, -0.25) is 0 Å². The van der Waals surface area contributed by atoms with Gasteiger partial charge in [0.25, 0.3) is 0 Å². The van der Waals surface area contributed by atoms with Gasteiger partial charge >= 0.3 is 0 Å². The monoisotopic (exact) mass is 386 g/mol. The van der Waals surface area contributed by atoms with Gasteiger partial charge in [-0.15, -0.1) is 0 Å². The Morgan fingerprint density at radius 2 is 1.18 bits per heavy atom. The molecule has 0 heterocycles. The smallest absolute Gasteiger partial charge is 0.0827 e. The second kappa shape index (κ2) is 9.57. The summed E-state index contributed by atoms with van der Waals surface area (Å²) in [5.74, 6) is 1.35. The van der Waals surface area contributed by atoms with Crippen molar-refractivity contribution in [3.8, 4) is 0 Å². The van der Waals surface area contributed by atoms with Crippen LogP contribution in [0.3, 0.4) is 0 Å². The molecule has 0 saturated heterocycles. The third-order valence-corrected chi connectivity index (χ3v) is 7.88. The number of hydrogen-bond donors (Lipinski definition) is 0. The summed E-state index contributed by atoms with van der Waals surface area (Å²) in [6.45, 7) is 11.5. The highest BCUT2D eigenvalue weighted by Crippen LogP contribution is 2.41. The van der Waals surface area contributed by atoms with Crippen LogP contribution in [0.1, 0.15) is 97.1 Å². The van der Waals surface area contributed by atoms with E-state index in [4.69, 9.17) is 4.74 Å². The largest absolute Gasteiger partial charge is 0.375 e. The van der Waals surface area contributed by atoms with Crippen LogP contribution in [0.5, 0.6) is 0 Å². The van der Waals surface area contributed by atoms with Crippen molar-refractivity contribution < 1.29 is 9.13 Å². The average Bonchev–Trinajstić information content (AvgIpc) is 2.71. The Kier molecular flexibility index (Phi) is 7.36. The van der Waals surface area contributed by atoms with Crippen molar-refractivity contribution in [3.05, 3.63) is 45.8 Å². The van der Waals surface area contributed by atoms with Gasteiger partial charge < -0.3 is 4.74 Å². The third-order valence-electron chi connectivity index (χ3n) is 7.88. The molecule has 3 rings (SSSR count). The van der Waals surface area contributed by atoms with E-state index in [0.29, 0.717) is 30.4 Å². The Hall–Kier alpha value is -1.15. The van der Waals surface area contributed by atoms with Crippen molar-refractivity contribution in [2.24, 2.45) is 5.92 Å². The van der Waals surface area contributed by atoms with E-state index in [1.165, 1.54) is 66.3 Å². The molecule has 0 spiro atoms. The Labute approximate surface area is 171 Å². The van der Waals surface area contributed by atoms with Crippen molar-refractivity contribution in [1.82, 2.24) is 0 Å². The maximum atomic E-state index is 12.2. The molecule has 0 N–H and O–H groups in total. The first kappa shape index (κ1) is 21.6. The van der Waals surface area contributed by atoms with Crippen molar-refractivity contribution >= 4 is 0 Å². The van der Waals surface area contributed by atoms with Gasteiger partial charge in [-0.1, -0.05) is 6.08 Å². The van der Waals surface area contributed by atoms with Crippen molar-refractivity contribution in [2.75, 3.05) is 0 Å². The molecule has 1 nitrogen and oxygen atoms in total. The molecule has 0 atom stereocenters. The summed E-state index contributed by atoms with van der Waals surface area (Å²) >= 11 is 0. The van der Waals surface area contributed by atoms with Gasteiger partial charge in [-0.2, -0.15) is 0 Å². The summed E-state index contributed by atoms with van der Waals surface area (Å²) < 4.78 is 18.7. The van der Waals surface area contributed by atoms with E-state index in [9.17, 15) is 4.39 Å². The number of rotatable bonds is 5. The number of hydrogen-bond acceptors (Lipinski definition) is 1. The summed E-state index contributed by atoms with van der Waals surface area (Å²) in [7, 11) is 0. The zero-order chi connectivity index (χ0) is 20.3. The standard InChI is InChI=1S/C26H39FO/c1-17-18(2)20(4)26(21(5)19(17)3)23-10-14-25(15-11-23)28-24-12-8-22(9-13-24)7-6-16-27/h6,16,22-25H,7-15H2,1-5H3/b16-6+. The van der Waals surface area contributed by atoms with E-state index in [1.807, 2.05) is 0 Å². The molecule has 2 fully saturated rings. The molecule has 1 aromatic carbocycles. The maximum absolute atomic E-state index is 12.2. The van der Waals surface area contributed by atoms with Crippen LogP contribution < -0.4 is 0 Å². The number of benzene rings is 1. The molecule has 28 heavy (non-hydrogen) atoms. The Balaban J connectivity index is 1.53. The molecule has 0 amide bonds. The van der Waals surface area contributed by atoms with E-state index in [1.54, 1.807) is 11.6 Å². The zero-order valence-corrected chi connectivity index (χ0v) is 18.6. The lowest BCUT2D eigenvalue weighted by Gasteiger charge is -2.36. The molecule has 2 saturated carbocycles. The van der Waals surface area contributed by atoms with Crippen LogP contribution in [0.15, 0.2) is 12.4 Å². The van der Waals surface area contributed by atoms with Crippen LogP contribution >= 0.6 is 0 Å². The summed E-state index contributed by atoms with van der Waals surface area (Å²) in [6, 6.07) is 0. The number of halogens is 1. The normalized spacial score (nSPS) is 28.8. The van der Waals surface area contributed by atoms with Crippen LogP contribution in [0.25, 0.3) is 0 Å². The molecule has 0 aliphatic heterocycles. The second-order valence-corrected chi connectivity index (χ2v) is 9.39. The van der Waals surface area contributed by atoms with Crippen LogP contribution in [0.4, 0.5) is 4.39 Å². The maximum Gasteiger partial charge on any atom is 0.0827 e. The minimum Gasteiger partial charge on any atom is -0.375 e. The lowest BCUT2D eigenvalue weighted by atomic mass is 9.76. The lowest BCUT2D eigenvalue weighted by molar-refractivity contribution is -0.0527. The summed E-state index contributed by atoms with van der Waals surface area (Å²) in [5.41, 5.74) is 9.09. The van der Waals surface area contributed by atoms with Gasteiger partial charge in [-0.25, -0.2) is 4.39 Å². The second-order valence-electron chi connectivity index (χ2n) is 9.39. The topological polar surface area (TPSA) is 9.23 Å². The highest BCUT2D eigenvalue weighted by molar-refractivity contribution is 5.51. The Morgan fingerprint density at radius 3 is 1.68 bits per heavy atom. The fourth-order valence-corrected chi connectivity index (χ4v) is 5.65. The highest BCUT2D eigenvalue weighted by atomic mass is 19.1. The van der Waals surface area contributed by atoms with Crippen molar-refractivity contribution in [1.29, 1.82) is 0 Å². The quantitative estimate of drug-likeness (QED) is 0.503. The van der Waals surface area contributed by atoms with Gasteiger partial charge in [0.1, 0.15) is 0 Å². The van der Waals surface area contributed by atoms with Crippen LogP contribution in [0, 0.1) is 40.5 Å². The van der Waals surface area contributed by atoms with Gasteiger partial charge in [0.15, 0.2) is 0 Å². The van der Waals surface area contributed by atoms with E-state index in [-0.39, 0.29) is 0 Å². The summed E-state index contributed by atoms with van der Waals surface area (Å²) in [4.78, 5) is 0. The van der Waals surface area contributed by atoms with Crippen LogP contribution in [-0.4, -0.2) is 12.2 Å². The first-order chi connectivity index (χ1) is 13.4. The van der Waals surface area contributed by atoms with Gasteiger partial charge in [0.05, 0.1) is 18.5 Å². The van der Waals surface area contributed by atoms with Crippen molar-refractivity contribution in [2.45, 2.75) is 111 Å². The first-order valence-electron chi connectivity index (χ1n) is 11.4. The van der Waals surface area contributed by atoms with E-state index >= 15 is 0 Å². The SMILES string of the molecule is Cc1c(C)c(C)c(C2CCC(OC3CCC(C/C=C/F)CC3)CC2)c(C)c1C. The molecule has 2 aliphatic carbocycles. The van der Waals surface area contributed by atoms with Gasteiger partial charge in [0.2, 0.25) is 0 Å². The van der Waals surface area contributed by atoms with E-state index < -0.39 is 0 Å². The van der Waals surface area contributed by atoms with E-state index in [0.717, 1.165) is 19.3 Å². The Bertz CT molecular complexity index is 660. The molecule has 2 heteroatoms. The summed E-state index contributed by atoms with van der Waals surface area (Å²) in [5, 5.41) is 0. The minimum absolute atomic E-state index is 0.430. The molecule has 0 unspecified atom stereocenters. The minimum atomic E-state index is 0.430. The number of ether oxygens (including phenoxy) is 1. The summed E-state index contributed by atoms with van der Waals surface area (Å²) in [6.07, 6.45) is 13.7. The fraction of sp³-hybridized carbons (Fsp3) is 0.692. The van der Waals surface area contributed by atoms with Gasteiger partial charge in [-0.05, 0) is 138 Å². The average molecular weight is 387 g/mol. The molecule has 1 aromatic rings. The molecule has 0 bridgehead atoms. The number of allylic oxidation sites excluding steroid dienone is 1. The van der Waals surface area contributed by atoms with Crippen LogP contribution in [-0.2, 0) is 4.74 Å². The predicted molar refractivity (Wildman–Crippen MR) is 117 cm³/mol. The molecule has 156 valence electrons. The Morgan fingerprint density at radius 1 is 0.714 bits per heavy atom. The predicted octanol–water partition coefficient (Wildman–Crippen LogP) is 7.70. The van der Waals surface area contributed by atoms with E-state index in [2.05, 4.69) is 34.6 Å². The van der Waals surface area contributed by atoms with Gasteiger partial charge in [0, 0.05) is 0 Å². The van der Waals surface area contributed by atoms with Crippen LogP contribution in [0.2, 0.25) is 0 Å². The molecule has 2 aliphatic rings. The molecular formula is C26H39FO. The fourth-order valence-electron chi connectivity index (χ4n) is 5.65. The lowest BCUT2D eigenvalue weighted by Crippen LogP contribution is -2.29. The molecule has 0 radical (unpaired) electrons. The highest BCUT2D eigenvalue weighted by Gasteiger charge is 2.29. The zero-order valence-electron chi connectivity index (χ0n) is 18.6.